The van der Waals surface area contributed by atoms with Crippen LogP contribution < -0.4 is 14.8 Å². The molecule has 1 unspecified atom stereocenters. The molecule has 1 radical (unpaired) electrons. The van der Waals surface area contributed by atoms with E-state index in [9.17, 15) is 4.79 Å². The molecular weight excluding hydrogens is 509 g/mol. The van der Waals surface area contributed by atoms with E-state index in [2.05, 4.69) is 16.8 Å². The second kappa shape index (κ2) is 12.3. The molecule has 0 saturated carbocycles. The zero-order valence-electron chi connectivity index (χ0n) is 21.2. The van der Waals surface area contributed by atoms with E-state index in [0.717, 1.165) is 34.4 Å². The third-order valence-corrected chi connectivity index (χ3v) is 7.18. The Labute approximate surface area is 227 Å². The second-order valence-electron chi connectivity index (χ2n) is 9.03. The zero-order chi connectivity index (χ0) is 26.4. The van der Waals surface area contributed by atoms with Crippen LogP contribution in [0.5, 0.6) is 11.5 Å². The lowest BCUT2D eigenvalue weighted by atomic mass is 9.96. The van der Waals surface area contributed by atoms with Crippen LogP contribution in [0.3, 0.4) is 0 Å². The molecule has 4 rings (SSSR count). The number of aromatic nitrogens is 2. The standard InChI is InChI=1S/C29H30Cl2N3O3/c1-19(16-20-13-14-25(36-2)29(37-3)28(20)31)12-15-27(35)32-17-26-33-23-10-6-7-11-24(23)34(26)18-21-8-4-5-9-22(21)30/h4-11,13-14,19H,12,15-18H2,1-3H3. The van der Waals surface area contributed by atoms with Gasteiger partial charge in [-0.05, 0) is 54.2 Å². The minimum absolute atomic E-state index is 0.137. The summed E-state index contributed by atoms with van der Waals surface area (Å²) in [5.74, 6) is 1.96. The van der Waals surface area contributed by atoms with Crippen molar-refractivity contribution in [3.8, 4) is 11.5 Å². The Morgan fingerprint density at radius 2 is 1.76 bits per heavy atom. The lowest BCUT2D eigenvalue weighted by molar-refractivity contribution is -0.121. The molecule has 1 heterocycles. The summed E-state index contributed by atoms with van der Waals surface area (Å²) < 4.78 is 12.8. The number of carbonyl (C=O) groups is 1. The van der Waals surface area contributed by atoms with E-state index in [1.165, 1.54) is 0 Å². The van der Waals surface area contributed by atoms with Crippen molar-refractivity contribution >= 4 is 40.1 Å². The molecule has 1 aromatic heterocycles. The number of para-hydroxylation sites is 2. The van der Waals surface area contributed by atoms with Gasteiger partial charge in [-0.2, -0.15) is 0 Å². The Balaban J connectivity index is 1.37. The molecule has 193 valence electrons. The minimum Gasteiger partial charge on any atom is -0.493 e. The normalized spacial score (nSPS) is 11.9. The molecule has 0 fully saturated rings. The Bertz CT molecular complexity index is 1390. The maximum atomic E-state index is 12.7. The molecule has 3 aromatic carbocycles. The van der Waals surface area contributed by atoms with Crippen LogP contribution in [0.4, 0.5) is 0 Å². The number of ether oxygens (including phenoxy) is 2. The van der Waals surface area contributed by atoms with Gasteiger partial charge < -0.3 is 14.0 Å². The van der Waals surface area contributed by atoms with E-state index in [-0.39, 0.29) is 18.4 Å². The molecule has 8 heteroatoms. The summed E-state index contributed by atoms with van der Waals surface area (Å²) in [4.78, 5) is 17.4. The number of halogens is 2. The smallest absolute Gasteiger partial charge is 0.241 e. The highest BCUT2D eigenvalue weighted by Crippen LogP contribution is 2.38. The first-order valence-electron chi connectivity index (χ1n) is 12.2. The average molecular weight is 539 g/mol. The van der Waals surface area contributed by atoms with Crippen LogP contribution in [0, 0.1) is 5.92 Å². The Hall–Kier alpha value is -3.22. The van der Waals surface area contributed by atoms with Crippen LogP contribution in [-0.4, -0.2) is 29.7 Å². The van der Waals surface area contributed by atoms with Gasteiger partial charge in [-0.3, -0.25) is 4.79 Å². The van der Waals surface area contributed by atoms with E-state index >= 15 is 0 Å². The van der Waals surface area contributed by atoms with Crippen molar-refractivity contribution in [1.82, 2.24) is 14.9 Å². The van der Waals surface area contributed by atoms with Crippen molar-refractivity contribution in [3.63, 3.8) is 0 Å². The number of carbonyl (C=O) groups excluding carboxylic acids is 1. The van der Waals surface area contributed by atoms with Crippen molar-refractivity contribution in [1.29, 1.82) is 0 Å². The number of nitrogens with zero attached hydrogens (tertiary/aromatic N) is 3. The topological polar surface area (TPSA) is 67.5 Å². The lowest BCUT2D eigenvalue weighted by Crippen LogP contribution is -2.19. The Morgan fingerprint density at radius 1 is 1.00 bits per heavy atom. The number of hydrogen-bond acceptors (Lipinski definition) is 4. The van der Waals surface area contributed by atoms with Gasteiger partial charge in [0.15, 0.2) is 11.5 Å². The highest BCUT2D eigenvalue weighted by atomic mass is 35.5. The number of methoxy groups -OCH3 is 2. The number of hydrogen-bond donors (Lipinski definition) is 0. The number of amides is 1. The monoisotopic (exact) mass is 538 g/mol. The number of rotatable bonds is 11. The number of imidazole rings is 1. The van der Waals surface area contributed by atoms with Gasteiger partial charge in [0.2, 0.25) is 5.91 Å². The van der Waals surface area contributed by atoms with Gasteiger partial charge in [0.25, 0.3) is 0 Å². The largest absolute Gasteiger partial charge is 0.493 e. The molecule has 4 aromatic rings. The Kier molecular flexibility index (Phi) is 8.95. The van der Waals surface area contributed by atoms with Crippen molar-refractivity contribution in [2.24, 2.45) is 5.92 Å². The molecule has 37 heavy (non-hydrogen) atoms. The summed E-state index contributed by atoms with van der Waals surface area (Å²) in [7, 11) is 3.15. The van der Waals surface area contributed by atoms with E-state index in [4.69, 9.17) is 37.7 Å². The molecule has 0 spiro atoms. The van der Waals surface area contributed by atoms with Crippen LogP contribution in [0.25, 0.3) is 11.0 Å². The van der Waals surface area contributed by atoms with Gasteiger partial charge in [-0.1, -0.05) is 66.5 Å². The lowest BCUT2D eigenvalue weighted by Gasteiger charge is -2.16. The number of benzene rings is 3. The fourth-order valence-electron chi connectivity index (χ4n) is 4.39. The fourth-order valence-corrected chi connectivity index (χ4v) is 4.90. The molecule has 0 aliphatic rings. The number of fused-ring (bicyclic) bond motifs is 1. The SMILES string of the molecule is COc1ccc(CC(C)CCC(=O)[N]Cc2nc3ccccc3n2Cc2ccccc2Cl)c(Cl)c1OC. The summed E-state index contributed by atoms with van der Waals surface area (Å²) in [6.07, 6.45) is 1.78. The first-order valence-corrected chi connectivity index (χ1v) is 12.9. The van der Waals surface area contributed by atoms with Crippen LogP contribution >= 0.6 is 23.2 Å². The molecule has 0 bridgehead atoms. The predicted molar refractivity (Wildman–Crippen MR) is 148 cm³/mol. The van der Waals surface area contributed by atoms with Crippen LogP contribution in [0.2, 0.25) is 10.0 Å². The summed E-state index contributed by atoms with van der Waals surface area (Å²) in [5, 5.41) is 5.58. The molecule has 0 aliphatic heterocycles. The van der Waals surface area contributed by atoms with E-state index < -0.39 is 0 Å². The van der Waals surface area contributed by atoms with E-state index in [1.807, 2.05) is 60.7 Å². The minimum atomic E-state index is -0.137. The van der Waals surface area contributed by atoms with Crippen LogP contribution in [0.15, 0.2) is 60.7 Å². The van der Waals surface area contributed by atoms with Gasteiger partial charge in [0.1, 0.15) is 12.4 Å². The molecule has 0 N–H and O–H groups in total. The average Bonchev–Trinajstić information content (AvgIpc) is 3.25. The molecule has 0 saturated heterocycles. The van der Waals surface area contributed by atoms with Gasteiger partial charge in [0.05, 0.1) is 36.8 Å². The first-order chi connectivity index (χ1) is 17.9. The maximum absolute atomic E-state index is 12.7. The summed E-state index contributed by atoms with van der Waals surface area (Å²) in [6.45, 7) is 2.87. The molecule has 0 aliphatic carbocycles. The zero-order valence-corrected chi connectivity index (χ0v) is 22.7. The van der Waals surface area contributed by atoms with Crippen molar-refractivity contribution in [2.75, 3.05) is 14.2 Å². The van der Waals surface area contributed by atoms with E-state index in [1.54, 1.807) is 14.2 Å². The fraction of sp³-hybridized carbons (Fsp3) is 0.310. The third-order valence-electron chi connectivity index (χ3n) is 6.40. The third kappa shape index (κ3) is 6.38. The van der Waals surface area contributed by atoms with E-state index in [0.29, 0.717) is 40.9 Å². The molecule has 1 atom stereocenters. The first kappa shape index (κ1) is 26.8. The summed E-state index contributed by atoms with van der Waals surface area (Å²) >= 11 is 12.9. The summed E-state index contributed by atoms with van der Waals surface area (Å²) in [6, 6.07) is 19.4. The van der Waals surface area contributed by atoms with Crippen LogP contribution in [0.1, 0.15) is 36.7 Å². The summed E-state index contributed by atoms with van der Waals surface area (Å²) in [5.41, 5.74) is 3.81. The molecule has 1 amide bonds. The highest BCUT2D eigenvalue weighted by molar-refractivity contribution is 6.33. The Morgan fingerprint density at radius 3 is 2.51 bits per heavy atom. The van der Waals surface area contributed by atoms with Crippen molar-refractivity contribution in [2.45, 2.75) is 39.3 Å². The van der Waals surface area contributed by atoms with Gasteiger partial charge in [-0.15, -0.1) is 0 Å². The van der Waals surface area contributed by atoms with Gasteiger partial charge in [-0.25, -0.2) is 10.3 Å². The quantitative estimate of drug-likeness (QED) is 0.213. The van der Waals surface area contributed by atoms with Crippen molar-refractivity contribution in [3.05, 3.63) is 87.7 Å². The maximum Gasteiger partial charge on any atom is 0.241 e. The van der Waals surface area contributed by atoms with Gasteiger partial charge in [0, 0.05) is 11.4 Å². The van der Waals surface area contributed by atoms with Gasteiger partial charge >= 0.3 is 0 Å². The van der Waals surface area contributed by atoms with Crippen molar-refractivity contribution < 1.29 is 14.3 Å². The second-order valence-corrected chi connectivity index (χ2v) is 9.81. The highest BCUT2D eigenvalue weighted by Gasteiger charge is 2.17. The molecular formula is C29H30Cl2N3O3. The predicted octanol–water partition coefficient (Wildman–Crippen LogP) is 6.70. The molecule has 6 nitrogen and oxygen atoms in total. The van der Waals surface area contributed by atoms with Crippen LogP contribution in [-0.2, 0) is 24.3 Å².